The maximum absolute atomic E-state index is 11.0. The highest BCUT2D eigenvalue weighted by molar-refractivity contribution is 7.15. The topological polar surface area (TPSA) is 63.1 Å². The maximum Gasteiger partial charge on any atom is 0.335 e. The van der Waals surface area contributed by atoms with E-state index in [-0.39, 0.29) is 5.56 Å². The van der Waals surface area contributed by atoms with Crippen molar-refractivity contribution < 1.29 is 9.90 Å². The van der Waals surface area contributed by atoms with E-state index in [9.17, 15) is 4.79 Å². The molecule has 5 heteroatoms. The normalized spacial score (nSPS) is 10.5. The Morgan fingerprint density at radius 3 is 2.67 bits per heavy atom. The number of aryl methyl sites for hydroxylation is 1. The van der Waals surface area contributed by atoms with E-state index >= 15 is 0 Å². The predicted molar refractivity (Wildman–Crippen MR) is 82.5 cm³/mol. The van der Waals surface area contributed by atoms with E-state index in [1.807, 2.05) is 37.3 Å². The number of aromatic carboxylic acids is 1. The van der Waals surface area contributed by atoms with Crippen molar-refractivity contribution in [3.8, 4) is 22.0 Å². The van der Waals surface area contributed by atoms with Crippen LogP contribution in [-0.2, 0) is 0 Å². The number of hydrogen-bond donors (Lipinski definition) is 1. The average Bonchev–Trinajstić information content (AvgIpc) is 2.90. The Kier molecular flexibility index (Phi) is 3.50. The van der Waals surface area contributed by atoms with Gasteiger partial charge in [-0.2, -0.15) is 0 Å². The van der Waals surface area contributed by atoms with Gasteiger partial charge in [0, 0.05) is 16.6 Å². The molecular weight excluding hydrogens is 284 g/mol. The molecule has 0 aliphatic rings. The second-order valence-electron chi connectivity index (χ2n) is 4.52. The van der Waals surface area contributed by atoms with Crippen molar-refractivity contribution in [1.82, 2.24) is 9.97 Å². The maximum atomic E-state index is 11.0. The van der Waals surface area contributed by atoms with Crippen LogP contribution in [0.1, 0.15) is 15.2 Å². The molecule has 0 aliphatic heterocycles. The van der Waals surface area contributed by atoms with E-state index in [1.165, 1.54) is 23.6 Å². The highest BCUT2D eigenvalue weighted by Crippen LogP contribution is 2.32. The van der Waals surface area contributed by atoms with Gasteiger partial charge in [0.25, 0.3) is 0 Å². The zero-order chi connectivity index (χ0) is 14.8. The van der Waals surface area contributed by atoms with E-state index in [2.05, 4.69) is 9.97 Å². The van der Waals surface area contributed by atoms with Gasteiger partial charge in [-0.1, -0.05) is 30.3 Å². The third-order valence-electron chi connectivity index (χ3n) is 3.07. The van der Waals surface area contributed by atoms with E-state index in [0.717, 1.165) is 21.1 Å². The minimum Gasteiger partial charge on any atom is -0.478 e. The summed E-state index contributed by atoms with van der Waals surface area (Å²) in [6, 6.07) is 12.9. The molecule has 2 aromatic heterocycles. The van der Waals surface area contributed by atoms with Crippen molar-refractivity contribution in [2.75, 3.05) is 0 Å². The summed E-state index contributed by atoms with van der Waals surface area (Å²) in [4.78, 5) is 21.0. The predicted octanol–water partition coefficient (Wildman–Crippen LogP) is 3.88. The first-order chi connectivity index (χ1) is 10.1. The lowest BCUT2D eigenvalue weighted by atomic mass is 10.1. The number of pyridine rings is 1. The van der Waals surface area contributed by atoms with Crippen molar-refractivity contribution in [3.05, 3.63) is 59.1 Å². The largest absolute Gasteiger partial charge is 0.478 e. The molecule has 2 heterocycles. The van der Waals surface area contributed by atoms with E-state index in [4.69, 9.17) is 5.11 Å². The summed E-state index contributed by atoms with van der Waals surface area (Å²) in [6.45, 7) is 2.00. The summed E-state index contributed by atoms with van der Waals surface area (Å²) in [5.74, 6) is -0.963. The van der Waals surface area contributed by atoms with Crippen LogP contribution in [0.3, 0.4) is 0 Å². The molecular formula is C16H12N2O2S. The van der Waals surface area contributed by atoms with Crippen LogP contribution in [0, 0.1) is 6.92 Å². The summed E-state index contributed by atoms with van der Waals surface area (Å²) in [5, 5.41) is 9.78. The Balaban J connectivity index is 2.05. The van der Waals surface area contributed by atoms with Crippen molar-refractivity contribution >= 4 is 17.3 Å². The Bertz CT molecular complexity index is 797. The fraction of sp³-hybridized carbons (Fsp3) is 0.0625. The van der Waals surface area contributed by atoms with Crippen molar-refractivity contribution in [1.29, 1.82) is 0 Å². The summed E-state index contributed by atoms with van der Waals surface area (Å²) in [5.41, 5.74) is 2.77. The molecule has 0 bridgehead atoms. The molecule has 0 saturated heterocycles. The van der Waals surface area contributed by atoms with Gasteiger partial charge in [-0.25, -0.2) is 9.78 Å². The molecule has 0 aliphatic carbocycles. The van der Waals surface area contributed by atoms with Crippen molar-refractivity contribution in [2.45, 2.75) is 6.92 Å². The SMILES string of the molecule is Cc1sc(-c2cc(C(=O)O)ccn2)nc1-c1ccccc1. The minimum atomic E-state index is -0.963. The van der Waals surface area contributed by atoms with Crippen LogP contribution in [0.2, 0.25) is 0 Å². The van der Waals surface area contributed by atoms with Crippen LogP contribution in [-0.4, -0.2) is 21.0 Å². The second kappa shape index (κ2) is 5.46. The van der Waals surface area contributed by atoms with Gasteiger partial charge in [0.1, 0.15) is 5.01 Å². The van der Waals surface area contributed by atoms with Crippen molar-refractivity contribution in [3.63, 3.8) is 0 Å². The quantitative estimate of drug-likeness (QED) is 0.796. The Hall–Kier alpha value is -2.53. The molecule has 1 N–H and O–H groups in total. The molecule has 1 aromatic carbocycles. The fourth-order valence-corrected chi connectivity index (χ4v) is 2.95. The van der Waals surface area contributed by atoms with Gasteiger partial charge >= 0.3 is 5.97 Å². The molecule has 3 rings (SSSR count). The van der Waals surface area contributed by atoms with Gasteiger partial charge in [0.2, 0.25) is 0 Å². The number of nitrogens with zero attached hydrogens (tertiary/aromatic N) is 2. The smallest absolute Gasteiger partial charge is 0.335 e. The Morgan fingerprint density at radius 2 is 1.95 bits per heavy atom. The van der Waals surface area contributed by atoms with Crippen LogP contribution in [0.4, 0.5) is 0 Å². The van der Waals surface area contributed by atoms with Gasteiger partial charge in [0.15, 0.2) is 0 Å². The third kappa shape index (κ3) is 2.68. The van der Waals surface area contributed by atoms with E-state index in [1.54, 1.807) is 6.07 Å². The lowest BCUT2D eigenvalue weighted by molar-refractivity contribution is 0.0697. The number of hydrogen-bond acceptors (Lipinski definition) is 4. The number of rotatable bonds is 3. The van der Waals surface area contributed by atoms with Crippen LogP contribution < -0.4 is 0 Å². The van der Waals surface area contributed by atoms with Crippen LogP contribution >= 0.6 is 11.3 Å². The van der Waals surface area contributed by atoms with Crippen LogP contribution in [0.5, 0.6) is 0 Å². The number of carboxylic acid groups (broad SMARTS) is 1. The van der Waals surface area contributed by atoms with Crippen LogP contribution in [0.15, 0.2) is 48.7 Å². The van der Waals surface area contributed by atoms with Gasteiger partial charge < -0.3 is 5.11 Å². The molecule has 0 unspecified atom stereocenters. The highest BCUT2D eigenvalue weighted by atomic mass is 32.1. The first-order valence-electron chi connectivity index (χ1n) is 6.38. The third-order valence-corrected chi connectivity index (χ3v) is 4.06. The minimum absolute atomic E-state index is 0.217. The van der Waals surface area contributed by atoms with Crippen molar-refractivity contribution in [2.24, 2.45) is 0 Å². The number of carboxylic acids is 1. The number of benzene rings is 1. The summed E-state index contributed by atoms with van der Waals surface area (Å²) >= 11 is 1.52. The monoisotopic (exact) mass is 296 g/mol. The van der Waals surface area contributed by atoms with Gasteiger partial charge in [0.05, 0.1) is 17.0 Å². The number of carbonyl (C=O) groups is 1. The molecule has 104 valence electrons. The first kappa shape index (κ1) is 13.5. The Morgan fingerprint density at radius 1 is 1.19 bits per heavy atom. The first-order valence-corrected chi connectivity index (χ1v) is 7.19. The number of thiazole rings is 1. The molecule has 0 atom stereocenters. The molecule has 21 heavy (non-hydrogen) atoms. The molecule has 3 aromatic rings. The highest BCUT2D eigenvalue weighted by Gasteiger charge is 2.13. The molecule has 0 amide bonds. The van der Waals surface area contributed by atoms with Crippen LogP contribution in [0.25, 0.3) is 22.0 Å². The van der Waals surface area contributed by atoms with Gasteiger partial charge in [-0.05, 0) is 19.1 Å². The molecule has 0 spiro atoms. The number of aromatic nitrogens is 2. The lowest BCUT2D eigenvalue weighted by Gasteiger charge is -1.98. The second-order valence-corrected chi connectivity index (χ2v) is 5.73. The summed E-state index contributed by atoms with van der Waals surface area (Å²) < 4.78 is 0. The molecule has 4 nitrogen and oxygen atoms in total. The lowest BCUT2D eigenvalue weighted by Crippen LogP contribution is -1.97. The van der Waals surface area contributed by atoms with Gasteiger partial charge in [-0.3, -0.25) is 4.98 Å². The molecule has 0 radical (unpaired) electrons. The molecule has 0 saturated carbocycles. The Labute approximate surface area is 125 Å². The molecule has 0 fully saturated rings. The standard InChI is InChI=1S/C16H12N2O2S/c1-10-14(11-5-3-2-4-6-11)18-15(21-10)13-9-12(16(19)20)7-8-17-13/h2-9H,1H3,(H,19,20). The van der Waals surface area contributed by atoms with Gasteiger partial charge in [-0.15, -0.1) is 11.3 Å². The van der Waals surface area contributed by atoms with E-state index in [0.29, 0.717) is 5.69 Å². The average molecular weight is 296 g/mol. The zero-order valence-corrected chi connectivity index (χ0v) is 12.1. The summed E-state index contributed by atoms with van der Waals surface area (Å²) in [7, 11) is 0. The van der Waals surface area contributed by atoms with E-state index < -0.39 is 5.97 Å². The summed E-state index contributed by atoms with van der Waals surface area (Å²) in [6.07, 6.45) is 1.50. The fourth-order valence-electron chi connectivity index (χ4n) is 2.05. The zero-order valence-electron chi connectivity index (χ0n) is 11.3.